The van der Waals surface area contributed by atoms with Gasteiger partial charge in [-0.25, -0.2) is 4.39 Å². The molecule has 2 aromatic rings. The highest BCUT2D eigenvalue weighted by molar-refractivity contribution is 8.14. The third-order valence-corrected chi connectivity index (χ3v) is 5.83. The van der Waals surface area contributed by atoms with Gasteiger partial charge in [-0.3, -0.25) is 10.4 Å². The summed E-state index contributed by atoms with van der Waals surface area (Å²) >= 11 is 1.66. The van der Waals surface area contributed by atoms with Crippen LogP contribution in [0.1, 0.15) is 29.8 Å². The maximum atomic E-state index is 13.2. The molecular weight excluding hydrogens is 363 g/mol. The van der Waals surface area contributed by atoms with Gasteiger partial charge in [-0.05, 0) is 57.0 Å². The van der Waals surface area contributed by atoms with Gasteiger partial charge < -0.3 is 9.30 Å². The molecule has 4 rings (SSSR count). The molecule has 2 aliphatic heterocycles. The Morgan fingerprint density at radius 1 is 1.33 bits per heavy atom. The number of aliphatic imine (C=N–C) groups is 1. The zero-order valence-electron chi connectivity index (χ0n) is 15.5. The zero-order valence-corrected chi connectivity index (χ0v) is 16.4. The van der Waals surface area contributed by atoms with Gasteiger partial charge in [-0.1, -0.05) is 11.8 Å². The van der Waals surface area contributed by atoms with Crippen LogP contribution in [-0.4, -0.2) is 40.5 Å². The van der Waals surface area contributed by atoms with Crippen molar-refractivity contribution < 1.29 is 9.13 Å². The zero-order chi connectivity index (χ0) is 18.8. The summed E-state index contributed by atoms with van der Waals surface area (Å²) in [6, 6.07) is 8.70. The fourth-order valence-electron chi connectivity index (χ4n) is 3.55. The highest BCUT2D eigenvalue weighted by Crippen LogP contribution is 2.24. The Labute approximate surface area is 162 Å². The molecule has 5 nitrogen and oxygen atoms in total. The highest BCUT2D eigenvalue weighted by Gasteiger charge is 2.20. The Morgan fingerprint density at radius 2 is 2.15 bits per heavy atom. The number of rotatable bonds is 4. The van der Waals surface area contributed by atoms with Crippen LogP contribution < -0.4 is 5.43 Å². The topological polar surface area (TPSA) is 50.9 Å². The van der Waals surface area contributed by atoms with Crippen molar-refractivity contribution in [2.24, 2.45) is 10.1 Å². The number of hydrogen-bond donors (Lipinski definition) is 1. The van der Waals surface area contributed by atoms with Gasteiger partial charge in [-0.2, -0.15) is 5.10 Å². The molecule has 0 radical (unpaired) electrons. The fraction of sp³-hybridized carbons (Fsp3) is 0.400. The second-order valence-corrected chi connectivity index (χ2v) is 7.80. The van der Waals surface area contributed by atoms with E-state index in [1.807, 2.05) is 0 Å². The molecule has 1 N–H and O–H groups in total. The molecule has 1 saturated heterocycles. The molecule has 0 saturated carbocycles. The van der Waals surface area contributed by atoms with Crippen LogP contribution >= 0.6 is 11.8 Å². The molecule has 27 heavy (non-hydrogen) atoms. The van der Waals surface area contributed by atoms with E-state index >= 15 is 0 Å². The lowest BCUT2D eigenvalue weighted by atomic mass is 10.1. The number of benzene rings is 1. The summed E-state index contributed by atoms with van der Waals surface area (Å²) < 4.78 is 21.0. The van der Waals surface area contributed by atoms with Crippen LogP contribution in [0.15, 0.2) is 40.4 Å². The van der Waals surface area contributed by atoms with E-state index in [1.165, 1.54) is 12.1 Å². The van der Waals surface area contributed by atoms with E-state index in [2.05, 4.69) is 40.0 Å². The predicted molar refractivity (Wildman–Crippen MR) is 109 cm³/mol. The second kappa shape index (κ2) is 7.86. The van der Waals surface area contributed by atoms with Gasteiger partial charge in [0.1, 0.15) is 5.82 Å². The molecule has 7 heteroatoms. The Morgan fingerprint density at radius 3 is 2.81 bits per heavy atom. The summed E-state index contributed by atoms with van der Waals surface area (Å²) in [7, 11) is 0. The molecule has 0 amide bonds. The van der Waals surface area contributed by atoms with E-state index in [4.69, 9.17) is 4.74 Å². The van der Waals surface area contributed by atoms with Gasteiger partial charge in [0.2, 0.25) is 0 Å². The summed E-state index contributed by atoms with van der Waals surface area (Å²) in [5.41, 5.74) is 8.33. The first kappa shape index (κ1) is 18.3. The lowest BCUT2D eigenvalue weighted by Gasteiger charge is -2.16. The molecule has 0 bridgehead atoms. The van der Waals surface area contributed by atoms with Crippen molar-refractivity contribution in [1.29, 1.82) is 0 Å². The first-order valence-electron chi connectivity index (χ1n) is 9.18. The van der Waals surface area contributed by atoms with Crippen molar-refractivity contribution >= 4 is 22.6 Å². The molecule has 2 aliphatic rings. The van der Waals surface area contributed by atoms with Crippen molar-refractivity contribution in [3.8, 4) is 5.69 Å². The minimum atomic E-state index is -0.228. The van der Waals surface area contributed by atoms with Crippen molar-refractivity contribution in [3.05, 3.63) is 53.1 Å². The average Bonchev–Trinajstić information content (AvgIpc) is 3.30. The maximum Gasteiger partial charge on any atom is 0.177 e. The van der Waals surface area contributed by atoms with E-state index in [0.29, 0.717) is 6.54 Å². The van der Waals surface area contributed by atoms with Crippen LogP contribution in [0.5, 0.6) is 0 Å². The van der Waals surface area contributed by atoms with E-state index in [1.54, 1.807) is 23.9 Å². The van der Waals surface area contributed by atoms with Crippen LogP contribution in [0, 0.1) is 19.7 Å². The van der Waals surface area contributed by atoms with Crippen LogP contribution in [0.2, 0.25) is 0 Å². The quantitative estimate of drug-likeness (QED) is 0.869. The lowest BCUT2D eigenvalue weighted by molar-refractivity contribution is 0.118. The maximum absolute atomic E-state index is 13.2. The van der Waals surface area contributed by atoms with E-state index in [0.717, 1.165) is 58.7 Å². The normalized spacial score (nSPS) is 21.4. The lowest BCUT2D eigenvalue weighted by Crippen LogP contribution is -2.26. The van der Waals surface area contributed by atoms with Crippen molar-refractivity contribution in [2.75, 3.05) is 18.9 Å². The predicted octanol–water partition coefficient (Wildman–Crippen LogP) is 3.81. The molecule has 1 atom stereocenters. The molecule has 142 valence electrons. The standard InChI is InChI=1S/C20H23FN4OS/c1-13-10-18(14(2)25(13)16-7-5-15(21)6-8-16)19-12-27-20(24-23-19)22-11-17-4-3-9-26-17/h5-8,10,17H,3-4,9,11-12H2,1-2H3,(H,22,24)/t17-/m0/s1. The van der Waals surface area contributed by atoms with E-state index < -0.39 is 0 Å². The Bertz CT molecular complexity index is 882. The van der Waals surface area contributed by atoms with Crippen LogP contribution in [0.4, 0.5) is 4.39 Å². The van der Waals surface area contributed by atoms with Gasteiger partial charge in [0.25, 0.3) is 0 Å². The number of aryl methyl sites for hydroxylation is 1. The number of hydrogen-bond acceptors (Lipinski definition) is 4. The molecule has 1 aromatic carbocycles. The van der Waals surface area contributed by atoms with Crippen molar-refractivity contribution in [2.45, 2.75) is 32.8 Å². The minimum absolute atomic E-state index is 0.228. The number of ether oxygens (including phenoxy) is 1. The number of hydrazone groups is 1. The number of nitrogens with zero attached hydrogens (tertiary/aromatic N) is 3. The number of nitrogens with one attached hydrogen (secondary N) is 1. The van der Waals surface area contributed by atoms with Gasteiger partial charge in [0.15, 0.2) is 5.17 Å². The Balaban J connectivity index is 1.51. The van der Waals surface area contributed by atoms with Gasteiger partial charge in [0.05, 0.1) is 18.4 Å². The van der Waals surface area contributed by atoms with Crippen molar-refractivity contribution in [1.82, 2.24) is 9.99 Å². The summed E-state index contributed by atoms with van der Waals surface area (Å²) in [6.45, 7) is 5.67. The summed E-state index contributed by atoms with van der Waals surface area (Å²) in [4.78, 5) is 4.59. The van der Waals surface area contributed by atoms with Crippen LogP contribution in [0.25, 0.3) is 5.69 Å². The fourth-order valence-corrected chi connectivity index (χ4v) is 4.32. The molecular formula is C20H23FN4OS. The van der Waals surface area contributed by atoms with Gasteiger partial charge >= 0.3 is 0 Å². The SMILES string of the molecule is Cc1cc(C2=NNC(=NC[C@@H]3CCCO3)SC2)c(C)n1-c1ccc(F)cc1. The molecule has 0 spiro atoms. The van der Waals surface area contributed by atoms with E-state index in [9.17, 15) is 4.39 Å². The molecule has 0 aliphatic carbocycles. The number of aromatic nitrogens is 1. The third-order valence-electron chi connectivity index (χ3n) is 4.92. The van der Waals surface area contributed by atoms with Crippen LogP contribution in [-0.2, 0) is 4.74 Å². The smallest absolute Gasteiger partial charge is 0.177 e. The third kappa shape index (κ3) is 3.94. The number of thioether (sulfide) groups is 1. The minimum Gasteiger partial charge on any atom is -0.376 e. The number of halogens is 1. The molecule has 1 aromatic heterocycles. The first-order valence-corrected chi connectivity index (χ1v) is 10.2. The first-order chi connectivity index (χ1) is 13.1. The summed E-state index contributed by atoms with van der Waals surface area (Å²) in [6.07, 6.45) is 2.47. The van der Waals surface area contributed by atoms with E-state index in [-0.39, 0.29) is 11.9 Å². The molecule has 3 heterocycles. The second-order valence-electron chi connectivity index (χ2n) is 6.84. The number of amidine groups is 1. The highest BCUT2D eigenvalue weighted by atomic mass is 32.2. The molecule has 1 fully saturated rings. The van der Waals surface area contributed by atoms with Crippen LogP contribution in [0.3, 0.4) is 0 Å². The van der Waals surface area contributed by atoms with Gasteiger partial charge in [0, 0.05) is 35.0 Å². The van der Waals surface area contributed by atoms with Gasteiger partial charge in [-0.15, -0.1) is 0 Å². The Hall–Kier alpha value is -2.12. The monoisotopic (exact) mass is 386 g/mol. The van der Waals surface area contributed by atoms with Crippen molar-refractivity contribution in [3.63, 3.8) is 0 Å². The summed E-state index contributed by atoms with van der Waals surface area (Å²) in [5.74, 6) is 0.541. The largest absolute Gasteiger partial charge is 0.376 e. The Kier molecular flexibility index (Phi) is 5.31. The average molecular weight is 386 g/mol. The molecule has 0 unspecified atom stereocenters. The summed E-state index contributed by atoms with van der Waals surface area (Å²) in [5, 5.41) is 5.40.